The first-order valence-corrected chi connectivity index (χ1v) is 5.35. The fourth-order valence-electron chi connectivity index (χ4n) is 1.82. The minimum absolute atomic E-state index is 0.300. The van der Waals surface area contributed by atoms with Gasteiger partial charge < -0.3 is 5.73 Å². The highest BCUT2D eigenvalue weighted by molar-refractivity contribution is 4.92. The van der Waals surface area contributed by atoms with E-state index in [4.69, 9.17) is 5.73 Å². The van der Waals surface area contributed by atoms with E-state index in [0.717, 1.165) is 26.2 Å². The first-order valence-electron chi connectivity index (χ1n) is 5.35. The number of likely N-dealkylation sites (N-methyl/N-ethyl adjacent to an activating group) is 1. The van der Waals surface area contributed by atoms with Gasteiger partial charge in [0.2, 0.25) is 0 Å². The molecule has 1 aliphatic heterocycles. The van der Waals surface area contributed by atoms with Crippen molar-refractivity contribution in [2.45, 2.75) is 19.4 Å². The predicted molar refractivity (Wildman–Crippen MR) is 61.3 cm³/mol. The highest BCUT2D eigenvalue weighted by Gasteiger charge is 2.30. The molecular weight excluding hydrogens is 174 g/mol. The average Bonchev–Trinajstić information content (AvgIpc) is 2.11. The van der Waals surface area contributed by atoms with E-state index in [9.17, 15) is 0 Å². The molecule has 0 aromatic heterocycles. The van der Waals surface area contributed by atoms with Crippen LogP contribution in [0.4, 0.5) is 0 Å². The fourth-order valence-corrected chi connectivity index (χ4v) is 1.82. The molecule has 14 heavy (non-hydrogen) atoms. The minimum Gasteiger partial charge on any atom is -0.327 e. The van der Waals surface area contributed by atoms with Gasteiger partial charge in [0.05, 0.1) is 0 Å². The SMILES string of the molecule is CN1CCN(CC=CCN)CC1(C)C. The van der Waals surface area contributed by atoms with Crippen molar-refractivity contribution in [2.24, 2.45) is 5.73 Å². The second-order valence-electron chi connectivity index (χ2n) is 4.68. The number of nitrogens with zero attached hydrogens (tertiary/aromatic N) is 2. The summed E-state index contributed by atoms with van der Waals surface area (Å²) in [5.41, 5.74) is 5.71. The van der Waals surface area contributed by atoms with Crippen LogP contribution in [-0.4, -0.2) is 55.1 Å². The molecule has 0 amide bonds. The zero-order valence-corrected chi connectivity index (χ0v) is 9.66. The molecule has 1 fully saturated rings. The van der Waals surface area contributed by atoms with Crippen LogP contribution in [0.25, 0.3) is 0 Å². The second kappa shape index (κ2) is 4.91. The van der Waals surface area contributed by atoms with Gasteiger partial charge in [0.1, 0.15) is 0 Å². The summed E-state index contributed by atoms with van der Waals surface area (Å²) in [5.74, 6) is 0. The quantitative estimate of drug-likeness (QED) is 0.670. The van der Waals surface area contributed by atoms with Crippen LogP contribution >= 0.6 is 0 Å². The lowest BCUT2D eigenvalue weighted by atomic mass is 10.00. The van der Waals surface area contributed by atoms with Gasteiger partial charge in [0, 0.05) is 38.3 Å². The molecule has 1 rings (SSSR count). The Kier molecular flexibility index (Phi) is 4.11. The van der Waals surface area contributed by atoms with Crippen LogP contribution in [0.15, 0.2) is 12.2 Å². The topological polar surface area (TPSA) is 32.5 Å². The van der Waals surface area contributed by atoms with Gasteiger partial charge in [-0.05, 0) is 20.9 Å². The van der Waals surface area contributed by atoms with Crippen molar-refractivity contribution in [1.82, 2.24) is 9.80 Å². The molecule has 0 bridgehead atoms. The Morgan fingerprint density at radius 3 is 2.57 bits per heavy atom. The molecule has 0 aliphatic carbocycles. The maximum atomic E-state index is 5.41. The van der Waals surface area contributed by atoms with Crippen molar-refractivity contribution in [1.29, 1.82) is 0 Å². The predicted octanol–water partition coefficient (Wildman–Crippen LogP) is 0.527. The molecule has 1 aliphatic rings. The highest BCUT2D eigenvalue weighted by atomic mass is 15.3. The Labute approximate surface area is 87.6 Å². The molecule has 0 radical (unpaired) electrons. The van der Waals surface area contributed by atoms with Crippen LogP contribution in [0.1, 0.15) is 13.8 Å². The first-order chi connectivity index (χ1) is 6.56. The van der Waals surface area contributed by atoms with E-state index in [1.807, 2.05) is 6.08 Å². The first kappa shape index (κ1) is 11.7. The summed E-state index contributed by atoms with van der Waals surface area (Å²) < 4.78 is 0. The van der Waals surface area contributed by atoms with E-state index in [1.54, 1.807) is 0 Å². The van der Waals surface area contributed by atoms with Crippen LogP contribution in [0, 0.1) is 0 Å². The molecular formula is C11H23N3. The van der Waals surface area contributed by atoms with Crippen LogP contribution < -0.4 is 5.73 Å². The van der Waals surface area contributed by atoms with Crippen molar-refractivity contribution in [3.8, 4) is 0 Å². The van der Waals surface area contributed by atoms with E-state index in [-0.39, 0.29) is 0 Å². The lowest BCUT2D eigenvalue weighted by molar-refractivity contribution is 0.0463. The fraction of sp³-hybridized carbons (Fsp3) is 0.818. The number of rotatable bonds is 3. The van der Waals surface area contributed by atoms with Gasteiger partial charge in [-0.2, -0.15) is 0 Å². The van der Waals surface area contributed by atoms with Crippen molar-refractivity contribution in [3.05, 3.63) is 12.2 Å². The summed E-state index contributed by atoms with van der Waals surface area (Å²) in [6.07, 6.45) is 4.20. The van der Waals surface area contributed by atoms with Gasteiger partial charge in [-0.3, -0.25) is 9.80 Å². The molecule has 0 unspecified atom stereocenters. The standard InChI is InChI=1S/C11H23N3/c1-11(2)10-14(7-5-4-6-12)9-8-13(11)3/h4-5H,6-10,12H2,1-3H3. The van der Waals surface area contributed by atoms with Gasteiger partial charge in [0.15, 0.2) is 0 Å². The third-order valence-corrected chi connectivity index (χ3v) is 3.06. The maximum Gasteiger partial charge on any atom is 0.0277 e. The smallest absolute Gasteiger partial charge is 0.0277 e. The highest BCUT2D eigenvalue weighted by Crippen LogP contribution is 2.18. The largest absolute Gasteiger partial charge is 0.327 e. The second-order valence-corrected chi connectivity index (χ2v) is 4.68. The Morgan fingerprint density at radius 2 is 2.00 bits per heavy atom. The number of hydrogen-bond acceptors (Lipinski definition) is 3. The van der Waals surface area contributed by atoms with E-state index >= 15 is 0 Å². The molecule has 0 spiro atoms. The molecule has 1 saturated heterocycles. The minimum atomic E-state index is 0.300. The van der Waals surface area contributed by atoms with E-state index < -0.39 is 0 Å². The van der Waals surface area contributed by atoms with Gasteiger partial charge in [0.25, 0.3) is 0 Å². The third kappa shape index (κ3) is 3.08. The summed E-state index contributed by atoms with van der Waals surface area (Å²) >= 11 is 0. The van der Waals surface area contributed by atoms with Gasteiger partial charge in [-0.25, -0.2) is 0 Å². The van der Waals surface area contributed by atoms with Crippen molar-refractivity contribution in [3.63, 3.8) is 0 Å². The maximum absolute atomic E-state index is 5.41. The van der Waals surface area contributed by atoms with Gasteiger partial charge in [-0.1, -0.05) is 12.2 Å². The van der Waals surface area contributed by atoms with E-state index in [1.165, 1.54) is 0 Å². The van der Waals surface area contributed by atoms with E-state index in [2.05, 4.69) is 36.8 Å². The molecule has 0 saturated carbocycles. The van der Waals surface area contributed by atoms with Gasteiger partial charge in [-0.15, -0.1) is 0 Å². The molecule has 3 nitrogen and oxygen atoms in total. The zero-order valence-electron chi connectivity index (χ0n) is 9.66. The molecule has 2 N–H and O–H groups in total. The molecule has 0 aromatic carbocycles. The lowest BCUT2D eigenvalue weighted by Gasteiger charge is -2.45. The third-order valence-electron chi connectivity index (χ3n) is 3.06. The van der Waals surface area contributed by atoms with Crippen LogP contribution in [0.3, 0.4) is 0 Å². The van der Waals surface area contributed by atoms with E-state index in [0.29, 0.717) is 12.1 Å². The van der Waals surface area contributed by atoms with Crippen LogP contribution in [-0.2, 0) is 0 Å². The van der Waals surface area contributed by atoms with Crippen molar-refractivity contribution >= 4 is 0 Å². The Hall–Kier alpha value is -0.380. The molecule has 1 heterocycles. The Morgan fingerprint density at radius 1 is 1.29 bits per heavy atom. The number of hydrogen-bond donors (Lipinski definition) is 1. The van der Waals surface area contributed by atoms with Gasteiger partial charge >= 0.3 is 0 Å². The Balaban J connectivity index is 2.39. The van der Waals surface area contributed by atoms with Crippen molar-refractivity contribution < 1.29 is 0 Å². The average molecular weight is 197 g/mol. The van der Waals surface area contributed by atoms with Crippen LogP contribution in [0.5, 0.6) is 0 Å². The normalized spacial score (nSPS) is 24.6. The molecule has 82 valence electrons. The summed E-state index contributed by atoms with van der Waals surface area (Å²) in [7, 11) is 2.20. The van der Waals surface area contributed by atoms with Crippen LogP contribution in [0.2, 0.25) is 0 Å². The van der Waals surface area contributed by atoms with Crippen molar-refractivity contribution in [2.75, 3.05) is 39.8 Å². The monoisotopic (exact) mass is 197 g/mol. The summed E-state index contributed by atoms with van der Waals surface area (Å²) in [6.45, 7) is 9.74. The number of nitrogens with two attached hydrogens (primary N) is 1. The molecule has 3 heteroatoms. The summed E-state index contributed by atoms with van der Waals surface area (Å²) in [4.78, 5) is 4.91. The Bertz CT molecular complexity index is 199. The molecule has 0 atom stereocenters. The summed E-state index contributed by atoms with van der Waals surface area (Å²) in [5, 5.41) is 0. The zero-order chi connectivity index (χ0) is 10.6. The molecule has 0 aromatic rings. The number of piperazine rings is 1. The lowest BCUT2D eigenvalue weighted by Crippen LogP contribution is -2.57. The summed E-state index contributed by atoms with van der Waals surface area (Å²) in [6, 6.07) is 0.